The van der Waals surface area contributed by atoms with E-state index in [4.69, 9.17) is 10.5 Å². The predicted molar refractivity (Wildman–Crippen MR) is 134 cm³/mol. The van der Waals surface area contributed by atoms with Crippen LogP contribution in [0.3, 0.4) is 0 Å². The van der Waals surface area contributed by atoms with Gasteiger partial charge in [-0.05, 0) is 18.4 Å². The lowest BCUT2D eigenvalue weighted by atomic mass is 10.0. The quantitative estimate of drug-likeness (QED) is 0.286. The number of fused-ring (bicyclic) bond motifs is 1. The molecular formula is C24H22F2N8OS. The molecule has 0 saturated heterocycles. The van der Waals surface area contributed by atoms with Gasteiger partial charge in [-0.2, -0.15) is 4.39 Å². The molecule has 36 heavy (non-hydrogen) atoms. The molecule has 0 aliphatic carbocycles. The lowest BCUT2D eigenvalue weighted by molar-refractivity contribution is 0.295. The molecule has 3 N–H and O–H groups in total. The summed E-state index contributed by atoms with van der Waals surface area (Å²) < 4.78 is 37.2. The highest BCUT2D eigenvalue weighted by molar-refractivity contribution is 7.22. The van der Waals surface area contributed by atoms with Crippen LogP contribution >= 0.6 is 11.3 Å². The Morgan fingerprint density at radius 3 is 2.86 bits per heavy atom. The van der Waals surface area contributed by atoms with Crippen LogP contribution in [0.4, 0.5) is 14.7 Å². The Bertz CT molecular complexity index is 1490. The van der Waals surface area contributed by atoms with Gasteiger partial charge in [0.15, 0.2) is 5.82 Å². The van der Waals surface area contributed by atoms with Gasteiger partial charge in [0.25, 0.3) is 0 Å². The maximum atomic E-state index is 14.8. The molecule has 0 saturated carbocycles. The van der Waals surface area contributed by atoms with Gasteiger partial charge in [0.2, 0.25) is 11.9 Å². The average molecular weight is 509 g/mol. The molecule has 12 heteroatoms. The highest BCUT2D eigenvalue weighted by atomic mass is 32.1. The van der Waals surface area contributed by atoms with Crippen molar-refractivity contribution in [2.45, 2.75) is 19.5 Å². The number of halogens is 2. The van der Waals surface area contributed by atoms with Crippen LogP contribution < -0.4 is 15.8 Å². The zero-order chi connectivity index (χ0) is 25.1. The fourth-order valence-electron chi connectivity index (χ4n) is 3.62. The molecule has 0 fully saturated rings. The third-order valence-electron chi connectivity index (χ3n) is 5.24. The maximum Gasteiger partial charge on any atom is 0.223 e. The number of ether oxygens (including phenoxy) is 1. The second-order valence-electron chi connectivity index (χ2n) is 8.11. The molecular weight excluding hydrogens is 486 g/mol. The molecule has 1 atom stereocenters. The molecule has 9 nitrogen and oxygen atoms in total. The second-order valence-corrected chi connectivity index (χ2v) is 9.16. The molecule has 0 aliphatic heterocycles. The number of thiophene rings is 1. The lowest BCUT2D eigenvalue weighted by Crippen LogP contribution is -2.23. The van der Waals surface area contributed by atoms with Crippen LogP contribution in [0.15, 0.2) is 55.1 Å². The SMILES string of the molecule is CC(N)COc1cnc(F)cc1-c1cccc2cc(-c3nc(NCCn4ccnn4)ncc3F)sc12. The summed E-state index contributed by atoms with van der Waals surface area (Å²) in [4.78, 5) is 12.8. The van der Waals surface area contributed by atoms with Crippen LogP contribution in [0, 0.1) is 11.8 Å². The zero-order valence-corrected chi connectivity index (χ0v) is 20.0. The Kier molecular flexibility index (Phi) is 6.78. The van der Waals surface area contributed by atoms with Gasteiger partial charge in [-0.1, -0.05) is 23.4 Å². The van der Waals surface area contributed by atoms with Crippen molar-refractivity contribution in [3.8, 4) is 27.4 Å². The summed E-state index contributed by atoms with van der Waals surface area (Å²) in [6.45, 7) is 3.11. The monoisotopic (exact) mass is 508 g/mol. The Hall–Kier alpha value is -4.03. The van der Waals surface area contributed by atoms with Crippen molar-refractivity contribution in [2.24, 2.45) is 5.73 Å². The Labute approximate surface area is 209 Å². The largest absolute Gasteiger partial charge is 0.490 e. The van der Waals surface area contributed by atoms with Crippen LogP contribution in [0.5, 0.6) is 5.75 Å². The van der Waals surface area contributed by atoms with Crippen molar-refractivity contribution in [2.75, 3.05) is 18.5 Å². The van der Waals surface area contributed by atoms with Crippen LogP contribution in [0.2, 0.25) is 0 Å². The van der Waals surface area contributed by atoms with Crippen LogP contribution in [0.25, 0.3) is 31.8 Å². The minimum Gasteiger partial charge on any atom is -0.490 e. The van der Waals surface area contributed by atoms with Crippen molar-refractivity contribution >= 4 is 27.4 Å². The normalized spacial score (nSPS) is 12.1. The molecule has 5 rings (SSSR count). The van der Waals surface area contributed by atoms with E-state index < -0.39 is 11.8 Å². The number of anilines is 1. The smallest absolute Gasteiger partial charge is 0.223 e. The number of aromatic nitrogens is 6. The minimum atomic E-state index is -0.629. The van der Waals surface area contributed by atoms with Gasteiger partial charge in [0, 0.05) is 40.7 Å². The van der Waals surface area contributed by atoms with Gasteiger partial charge in [-0.25, -0.2) is 19.3 Å². The standard InChI is InChI=1S/C24H22F2N8OS/c1-14(27)13-35-19-12-29-21(26)10-17(19)16-4-2-3-15-9-20(36-23(15)16)22-18(25)11-30-24(32-22)28-5-7-34-8-6-31-33-34/h2-4,6,8-12,14H,5,7,13,27H2,1H3,(H,28,30,32). The molecule has 5 aromatic rings. The third kappa shape index (κ3) is 5.14. The van der Waals surface area contributed by atoms with Gasteiger partial charge in [-0.15, -0.1) is 16.4 Å². The second kappa shape index (κ2) is 10.3. The van der Waals surface area contributed by atoms with E-state index in [1.54, 1.807) is 17.1 Å². The number of nitrogens with one attached hydrogen (secondary N) is 1. The maximum absolute atomic E-state index is 14.8. The molecule has 4 heterocycles. The molecule has 1 aromatic carbocycles. The van der Waals surface area contributed by atoms with E-state index in [9.17, 15) is 8.78 Å². The van der Waals surface area contributed by atoms with Gasteiger partial charge in [-0.3, -0.25) is 4.68 Å². The van der Waals surface area contributed by atoms with E-state index in [1.807, 2.05) is 31.2 Å². The fourth-order valence-corrected chi connectivity index (χ4v) is 4.79. The van der Waals surface area contributed by atoms with Crippen molar-refractivity contribution in [3.05, 3.63) is 66.9 Å². The van der Waals surface area contributed by atoms with Gasteiger partial charge in [0.05, 0.1) is 30.0 Å². The number of rotatable bonds is 9. The highest BCUT2D eigenvalue weighted by Gasteiger charge is 2.18. The predicted octanol–water partition coefficient (Wildman–Crippen LogP) is 4.13. The zero-order valence-electron chi connectivity index (χ0n) is 19.2. The van der Waals surface area contributed by atoms with Crippen LogP contribution in [-0.4, -0.2) is 49.1 Å². The molecule has 4 aromatic heterocycles. The Morgan fingerprint density at radius 2 is 2.06 bits per heavy atom. The highest BCUT2D eigenvalue weighted by Crippen LogP contribution is 2.42. The first-order chi connectivity index (χ1) is 17.5. The lowest BCUT2D eigenvalue weighted by Gasteiger charge is -2.13. The van der Waals surface area contributed by atoms with E-state index in [2.05, 4.69) is 30.6 Å². The number of hydrogen-bond acceptors (Lipinski definition) is 9. The van der Waals surface area contributed by atoms with Crippen molar-refractivity contribution < 1.29 is 13.5 Å². The van der Waals surface area contributed by atoms with Crippen molar-refractivity contribution in [1.29, 1.82) is 0 Å². The number of benzene rings is 1. The summed E-state index contributed by atoms with van der Waals surface area (Å²) in [5, 5.41) is 11.6. The number of hydrogen-bond donors (Lipinski definition) is 2. The van der Waals surface area contributed by atoms with E-state index in [0.29, 0.717) is 35.2 Å². The molecule has 1 unspecified atom stereocenters. The van der Waals surface area contributed by atoms with Gasteiger partial charge < -0.3 is 15.8 Å². The third-order valence-corrected chi connectivity index (χ3v) is 6.43. The first-order valence-corrected chi connectivity index (χ1v) is 12.0. The molecule has 0 bridgehead atoms. The van der Waals surface area contributed by atoms with E-state index >= 15 is 0 Å². The van der Waals surface area contributed by atoms with E-state index in [1.165, 1.54) is 23.6 Å². The van der Waals surface area contributed by atoms with E-state index in [0.717, 1.165) is 21.8 Å². The minimum absolute atomic E-state index is 0.176. The van der Waals surface area contributed by atoms with Gasteiger partial charge >= 0.3 is 0 Å². The summed E-state index contributed by atoms with van der Waals surface area (Å²) in [7, 11) is 0. The number of pyridine rings is 1. The molecule has 0 amide bonds. The summed E-state index contributed by atoms with van der Waals surface area (Å²) in [6.07, 6.45) is 5.83. The first kappa shape index (κ1) is 23.7. The van der Waals surface area contributed by atoms with E-state index in [-0.39, 0.29) is 18.3 Å². The van der Waals surface area contributed by atoms with Crippen molar-refractivity contribution in [1.82, 2.24) is 29.9 Å². The Morgan fingerprint density at radius 1 is 1.17 bits per heavy atom. The average Bonchev–Trinajstić information content (AvgIpc) is 3.54. The van der Waals surface area contributed by atoms with Crippen LogP contribution in [0.1, 0.15) is 6.92 Å². The topological polar surface area (TPSA) is 117 Å². The molecule has 0 radical (unpaired) electrons. The molecule has 184 valence electrons. The summed E-state index contributed by atoms with van der Waals surface area (Å²) >= 11 is 1.35. The summed E-state index contributed by atoms with van der Waals surface area (Å²) in [5.74, 6) is -0.452. The molecule has 0 aliphatic rings. The van der Waals surface area contributed by atoms with Crippen molar-refractivity contribution in [3.63, 3.8) is 0 Å². The van der Waals surface area contributed by atoms with Crippen LogP contribution in [-0.2, 0) is 6.54 Å². The summed E-state index contributed by atoms with van der Waals surface area (Å²) in [5.41, 5.74) is 7.28. The Balaban J connectivity index is 1.48. The van der Waals surface area contributed by atoms with Gasteiger partial charge in [0.1, 0.15) is 18.1 Å². The fraction of sp³-hybridized carbons (Fsp3) is 0.208. The number of nitrogens with two attached hydrogens (primary N) is 1. The first-order valence-electron chi connectivity index (χ1n) is 11.2. The molecule has 0 spiro atoms. The number of nitrogens with zero attached hydrogens (tertiary/aromatic N) is 6. The summed E-state index contributed by atoms with van der Waals surface area (Å²) in [6, 6.07) is 8.61.